The summed E-state index contributed by atoms with van der Waals surface area (Å²) in [7, 11) is -3.68. The molecule has 0 saturated heterocycles. The molecule has 3 aromatic rings. The largest absolute Gasteiger partial charge is 0.384 e. The Kier molecular flexibility index (Phi) is 6.28. The Morgan fingerprint density at radius 2 is 1.76 bits per heavy atom. The zero-order chi connectivity index (χ0) is 23.4. The molecular formula is C25H24N4O3S. The third-order valence-electron chi connectivity index (χ3n) is 5.41. The average molecular weight is 461 g/mol. The molecule has 0 fully saturated rings. The minimum absolute atomic E-state index is 0.00282. The van der Waals surface area contributed by atoms with E-state index in [1.54, 1.807) is 83.8 Å². The first-order valence-corrected chi connectivity index (χ1v) is 12.0. The maximum Gasteiger partial charge on any atom is 0.261 e. The number of anilines is 2. The third-order valence-corrected chi connectivity index (χ3v) is 6.81. The zero-order valence-corrected chi connectivity index (χ0v) is 18.7. The summed E-state index contributed by atoms with van der Waals surface area (Å²) >= 11 is 0. The lowest BCUT2D eigenvalue weighted by molar-refractivity contribution is -0.114. The maximum atomic E-state index is 12.9. The average Bonchev–Trinajstić information content (AvgIpc) is 2.82. The van der Waals surface area contributed by atoms with Gasteiger partial charge in [-0.25, -0.2) is 8.42 Å². The minimum Gasteiger partial charge on any atom is -0.384 e. The van der Waals surface area contributed by atoms with Crippen molar-refractivity contribution in [3.05, 3.63) is 95.6 Å². The Balaban J connectivity index is 1.51. The lowest BCUT2D eigenvalue weighted by Crippen LogP contribution is -2.34. The van der Waals surface area contributed by atoms with Gasteiger partial charge in [-0.3, -0.25) is 14.9 Å². The van der Waals surface area contributed by atoms with Crippen LogP contribution in [0.2, 0.25) is 0 Å². The highest BCUT2D eigenvalue weighted by Gasteiger charge is 2.22. The van der Waals surface area contributed by atoms with Gasteiger partial charge in [-0.05, 0) is 60.4 Å². The lowest BCUT2D eigenvalue weighted by atomic mass is 10.0. The highest BCUT2D eigenvalue weighted by atomic mass is 32.2. The Labute approximate surface area is 193 Å². The molecule has 4 rings (SSSR count). The quantitative estimate of drug-likeness (QED) is 0.295. The summed E-state index contributed by atoms with van der Waals surface area (Å²) in [5, 5.41) is 7.45. The van der Waals surface area contributed by atoms with Gasteiger partial charge in [-0.15, -0.1) is 0 Å². The maximum absolute atomic E-state index is 12.9. The van der Waals surface area contributed by atoms with Gasteiger partial charge in [-0.2, -0.15) is 0 Å². The first-order valence-electron chi connectivity index (χ1n) is 10.5. The minimum atomic E-state index is -3.68. The Bertz CT molecular complexity index is 1320. The van der Waals surface area contributed by atoms with Crippen LogP contribution in [0.3, 0.4) is 0 Å². The number of amides is 1. The number of nitrogens with one attached hydrogen (secondary N) is 2. The molecule has 7 nitrogen and oxygen atoms in total. The monoisotopic (exact) mass is 460 g/mol. The number of sulfonamides is 1. The predicted octanol–water partition coefficient (Wildman–Crippen LogP) is 3.76. The summed E-state index contributed by atoms with van der Waals surface area (Å²) in [6.07, 6.45) is 4.79. The summed E-state index contributed by atoms with van der Waals surface area (Å²) in [4.78, 5) is 14.8. The first-order chi connectivity index (χ1) is 15.8. The number of rotatable bonds is 6. The lowest BCUT2D eigenvalue weighted by Gasteiger charge is -2.29. The number of amidine groups is 1. The van der Waals surface area contributed by atoms with Crippen LogP contribution in [-0.4, -0.2) is 26.7 Å². The van der Waals surface area contributed by atoms with E-state index in [0.29, 0.717) is 17.8 Å². The van der Waals surface area contributed by atoms with Gasteiger partial charge in [0.2, 0.25) is 0 Å². The smallest absolute Gasteiger partial charge is 0.261 e. The molecule has 1 aliphatic rings. The van der Waals surface area contributed by atoms with E-state index < -0.39 is 10.0 Å². The van der Waals surface area contributed by atoms with E-state index in [2.05, 4.69) is 4.72 Å². The van der Waals surface area contributed by atoms with Gasteiger partial charge in [-0.1, -0.05) is 42.5 Å². The molecule has 0 aromatic heterocycles. The first kappa shape index (κ1) is 22.3. The Morgan fingerprint density at radius 1 is 1.03 bits per heavy atom. The molecule has 0 atom stereocenters. The molecule has 0 bridgehead atoms. The summed E-state index contributed by atoms with van der Waals surface area (Å²) in [6, 6.07) is 20.5. The molecule has 168 valence electrons. The van der Waals surface area contributed by atoms with Crippen LogP contribution in [0.15, 0.2) is 83.8 Å². The standard InChI is InChI=1S/C25H24N4O3S/c26-25(27)19-11-8-18(9-12-19)10-15-24(30)29-16-4-5-20-17-21(13-14-23(20)29)28-33(31,32)22-6-2-1-3-7-22/h1-3,6-15,17,28H,4-5,16H2,(H3,26,27). The number of carbonyl (C=O) groups excluding carboxylic acids is 1. The number of aryl methyl sites for hydroxylation is 1. The van der Waals surface area contributed by atoms with E-state index in [4.69, 9.17) is 11.1 Å². The van der Waals surface area contributed by atoms with E-state index >= 15 is 0 Å². The zero-order valence-electron chi connectivity index (χ0n) is 17.9. The number of fused-ring (bicyclic) bond motifs is 1. The van der Waals surface area contributed by atoms with Gasteiger partial charge in [0.05, 0.1) is 4.90 Å². The SMILES string of the molecule is N=C(N)c1ccc(C=CC(=O)N2CCCc3cc(NS(=O)(=O)c4ccccc4)ccc32)cc1. The molecular weight excluding hydrogens is 436 g/mol. The normalized spacial score (nSPS) is 13.5. The fourth-order valence-corrected chi connectivity index (χ4v) is 4.81. The second-order valence-corrected chi connectivity index (χ2v) is 9.41. The van der Waals surface area contributed by atoms with Crippen molar-refractivity contribution in [3.63, 3.8) is 0 Å². The van der Waals surface area contributed by atoms with Crippen LogP contribution in [0.5, 0.6) is 0 Å². The van der Waals surface area contributed by atoms with Crippen LogP contribution in [-0.2, 0) is 21.2 Å². The summed E-state index contributed by atoms with van der Waals surface area (Å²) in [6.45, 7) is 0.592. The molecule has 8 heteroatoms. The second-order valence-electron chi connectivity index (χ2n) is 7.72. The number of hydrogen-bond donors (Lipinski definition) is 3. The molecule has 0 aliphatic carbocycles. The van der Waals surface area contributed by atoms with Gasteiger partial charge >= 0.3 is 0 Å². The molecule has 0 saturated carbocycles. The highest BCUT2D eigenvalue weighted by Crippen LogP contribution is 2.31. The number of nitrogens with two attached hydrogens (primary N) is 1. The van der Waals surface area contributed by atoms with Crippen molar-refractivity contribution in [2.75, 3.05) is 16.2 Å². The van der Waals surface area contributed by atoms with Gasteiger partial charge in [0.25, 0.3) is 15.9 Å². The summed E-state index contributed by atoms with van der Waals surface area (Å²) < 4.78 is 27.9. The van der Waals surface area contributed by atoms with Gasteiger partial charge in [0.15, 0.2) is 0 Å². The fourth-order valence-electron chi connectivity index (χ4n) is 3.73. The number of hydrogen-bond acceptors (Lipinski definition) is 4. The predicted molar refractivity (Wildman–Crippen MR) is 131 cm³/mol. The Morgan fingerprint density at radius 3 is 2.45 bits per heavy atom. The van der Waals surface area contributed by atoms with E-state index in [1.807, 2.05) is 0 Å². The van der Waals surface area contributed by atoms with Crippen LogP contribution in [0.1, 0.15) is 23.1 Å². The van der Waals surface area contributed by atoms with E-state index in [-0.39, 0.29) is 16.6 Å². The molecule has 3 aromatic carbocycles. The number of carbonyl (C=O) groups is 1. The number of nitrogens with zero attached hydrogens (tertiary/aromatic N) is 1. The van der Waals surface area contributed by atoms with E-state index in [9.17, 15) is 13.2 Å². The van der Waals surface area contributed by atoms with Crippen molar-refractivity contribution in [2.45, 2.75) is 17.7 Å². The highest BCUT2D eigenvalue weighted by molar-refractivity contribution is 7.92. The summed E-state index contributed by atoms with van der Waals surface area (Å²) in [5.74, 6) is -0.152. The molecule has 0 spiro atoms. The Hall–Kier alpha value is -3.91. The van der Waals surface area contributed by atoms with Crippen molar-refractivity contribution < 1.29 is 13.2 Å². The van der Waals surface area contributed by atoms with E-state index in [1.165, 1.54) is 6.08 Å². The van der Waals surface area contributed by atoms with E-state index in [0.717, 1.165) is 29.7 Å². The van der Waals surface area contributed by atoms with Crippen LogP contribution in [0.4, 0.5) is 11.4 Å². The molecule has 4 N–H and O–H groups in total. The van der Waals surface area contributed by atoms with Crippen LogP contribution in [0.25, 0.3) is 6.08 Å². The van der Waals surface area contributed by atoms with Crippen molar-refractivity contribution in [2.24, 2.45) is 5.73 Å². The molecule has 0 unspecified atom stereocenters. The van der Waals surface area contributed by atoms with Gasteiger partial charge in [0.1, 0.15) is 5.84 Å². The number of benzene rings is 3. The third kappa shape index (κ3) is 5.12. The molecule has 33 heavy (non-hydrogen) atoms. The molecule has 0 radical (unpaired) electrons. The fraction of sp³-hybridized carbons (Fsp3) is 0.120. The topological polar surface area (TPSA) is 116 Å². The van der Waals surface area contributed by atoms with Crippen molar-refractivity contribution in [1.29, 1.82) is 5.41 Å². The molecule has 1 amide bonds. The van der Waals surface area contributed by atoms with Crippen molar-refractivity contribution in [1.82, 2.24) is 0 Å². The van der Waals surface area contributed by atoms with Crippen molar-refractivity contribution in [3.8, 4) is 0 Å². The van der Waals surface area contributed by atoms with Crippen molar-refractivity contribution >= 4 is 39.2 Å². The number of nitrogen functional groups attached to an aromatic ring is 1. The molecule has 1 aliphatic heterocycles. The van der Waals surface area contributed by atoms with Gasteiger partial charge < -0.3 is 10.6 Å². The van der Waals surface area contributed by atoms with Crippen LogP contribution >= 0.6 is 0 Å². The van der Waals surface area contributed by atoms with Gasteiger partial charge in [0, 0.05) is 29.6 Å². The second kappa shape index (κ2) is 9.30. The molecule has 1 heterocycles. The van der Waals surface area contributed by atoms with Crippen LogP contribution in [0, 0.1) is 5.41 Å². The van der Waals surface area contributed by atoms with Crippen LogP contribution < -0.4 is 15.4 Å². The summed E-state index contributed by atoms with van der Waals surface area (Å²) in [5.41, 5.74) is 9.09.